The lowest BCUT2D eigenvalue weighted by molar-refractivity contribution is -0.140. The highest BCUT2D eigenvalue weighted by Gasteiger charge is 2.26. The highest BCUT2D eigenvalue weighted by Crippen LogP contribution is 2.03. The molecule has 0 aromatic carbocycles. The molecule has 20 heavy (non-hydrogen) atoms. The number of likely N-dealkylation sites (N-methyl/N-ethyl adjacent to an activating group) is 1. The Kier molecular flexibility index (Phi) is 7.64. The molecule has 0 bridgehead atoms. The standard InChI is InChI=1S/C13H25N3O4/c1-6-16(7-10(17)14-9(4)5)13(20)15-11(8(2)3)12(18)19/h8-9,11H,6-7H2,1-5H3,(H,14,17)(H,15,20)(H,18,19)/t11-/m0/s1. The van der Waals surface area contributed by atoms with Gasteiger partial charge in [-0.05, 0) is 26.7 Å². The average Bonchev–Trinajstić information content (AvgIpc) is 2.30. The second kappa shape index (κ2) is 8.39. The number of carboxylic acids is 1. The average molecular weight is 287 g/mol. The molecule has 0 unspecified atom stereocenters. The first kappa shape index (κ1) is 18.2. The van der Waals surface area contributed by atoms with E-state index >= 15 is 0 Å². The van der Waals surface area contributed by atoms with Crippen molar-refractivity contribution < 1.29 is 19.5 Å². The molecule has 0 saturated heterocycles. The number of hydrogen-bond donors (Lipinski definition) is 3. The van der Waals surface area contributed by atoms with Gasteiger partial charge in [-0.2, -0.15) is 0 Å². The van der Waals surface area contributed by atoms with E-state index < -0.39 is 18.0 Å². The lowest BCUT2D eigenvalue weighted by atomic mass is 10.1. The topological polar surface area (TPSA) is 98.7 Å². The van der Waals surface area contributed by atoms with E-state index in [2.05, 4.69) is 10.6 Å². The van der Waals surface area contributed by atoms with Crippen molar-refractivity contribution in [1.29, 1.82) is 0 Å². The first-order chi connectivity index (χ1) is 9.18. The van der Waals surface area contributed by atoms with Gasteiger partial charge in [0.05, 0.1) is 0 Å². The molecule has 0 rings (SSSR count). The molecule has 0 aliphatic carbocycles. The molecule has 0 saturated carbocycles. The van der Waals surface area contributed by atoms with Crippen molar-refractivity contribution in [2.24, 2.45) is 5.92 Å². The third-order valence-electron chi connectivity index (χ3n) is 2.66. The number of rotatable bonds is 7. The van der Waals surface area contributed by atoms with Crippen molar-refractivity contribution in [3.05, 3.63) is 0 Å². The summed E-state index contributed by atoms with van der Waals surface area (Å²) in [5, 5.41) is 14.2. The molecule has 1 atom stereocenters. The Hall–Kier alpha value is -1.79. The lowest BCUT2D eigenvalue weighted by Crippen LogP contribution is -2.52. The highest BCUT2D eigenvalue weighted by atomic mass is 16.4. The molecule has 116 valence electrons. The minimum Gasteiger partial charge on any atom is -0.480 e. The molecular weight excluding hydrogens is 262 g/mol. The maximum atomic E-state index is 12.0. The van der Waals surface area contributed by atoms with E-state index in [0.717, 1.165) is 0 Å². The van der Waals surface area contributed by atoms with Crippen LogP contribution in [0.2, 0.25) is 0 Å². The zero-order valence-corrected chi connectivity index (χ0v) is 12.8. The number of nitrogens with one attached hydrogen (secondary N) is 2. The van der Waals surface area contributed by atoms with Crippen LogP contribution in [0, 0.1) is 5.92 Å². The Morgan fingerprint density at radius 1 is 1.10 bits per heavy atom. The normalized spacial score (nSPS) is 12.2. The number of carbonyl (C=O) groups excluding carboxylic acids is 2. The summed E-state index contributed by atoms with van der Waals surface area (Å²) < 4.78 is 0. The summed E-state index contributed by atoms with van der Waals surface area (Å²) in [4.78, 5) is 35.9. The Balaban J connectivity index is 4.61. The fourth-order valence-electron chi connectivity index (χ4n) is 1.61. The van der Waals surface area contributed by atoms with Crippen LogP contribution in [0.5, 0.6) is 0 Å². The Bertz CT molecular complexity index is 356. The van der Waals surface area contributed by atoms with Crippen molar-refractivity contribution in [2.75, 3.05) is 13.1 Å². The zero-order valence-electron chi connectivity index (χ0n) is 12.8. The second-order valence-corrected chi connectivity index (χ2v) is 5.25. The molecule has 0 fully saturated rings. The monoisotopic (exact) mass is 287 g/mol. The lowest BCUT2D eigenvalue weighted by Gasteiger charge is -2.25. The van der Waals surface area contributed by atoms with Gasteiger partial charge in [0.2, 0.25) is 5.91 Å². The maximum absolute atomic E-state index is 12.0. The summed E-state index contributed by atoms with van der Waals surface area (Å²) in [5.41, 5.74) is 0. The van der Waals surface area contributed by atoms with Crippen LogP contribution < -0.4 is 10.6 Å². The van der Waals surface area contributed by atoms with Crippen LogP contribution in [0.15, 0.2) is 0 Å². The first-order valence-corrected chi connectivity index (χ1v) is 6.76. The summed E-state index contributed by atoms with van der Waals surface area (Å²) in [7, 11) is 0. The summed E-state index contributed by atoms with van der Waals surface area (Å²) in [5.74, 6) is -1.59. The molecule has 3 amide bonds. The predicted octanol–water partition coefficient (Wildman–Crippen LogP) is 0.652. The number of hydrogen-bond acceptors (Lipinski definition) is 3. The van der Waals surface area contributed by atoms with Crippen LogP contribution >= 0.6 is 0 Å². The molecule has 3 N–H and O–H groups in total. The third kappa shape index (κ3) is 6.40. The largest absolute Gasteiger partial charge is 0.480 e. The number of amides is 3. The van der Waals surface area contributed by atoms with E-state index in [1.54, 1.807) is 20.8 Å². The van der Waals surface area contributed by atoms with Gasteiger partial charge in [-0.25, -0.2) is 9.59 Å². The fourth-order valence-corrected chi connectivity index (χ4v) is 1.61. The number of aliphatic carboxylic acids is 1. The van der Waals surface area contributed by atoms with Crippen LogP contribution in [0.3, 0.4) is 0 Å². The molecule has 0 aromatic heterocycles. The van der Waals surface area contributed by atoms with Gasteiger partial charge in [0.15, 0.2) is 0 Å². The summed E-state index contributed by atoms with van der Waals surface area (Å²) >= 11 is 0. The van der Waals surface area contributed by atoms with Gasteiger partial charge in [0.1, 0.15) is 12.6 Å². The molecule has 0 spiro atoms. The number of carboxylic acid groups (broad SMARTS) is 1. The predicted molar refractivity (Wildman–Crippen MR) is 75.3 cm³/mol. The fraction of sp³-hybridized carbons (Fsp3) is 0.769. The molecule has 0 aliphatic heterocycles. The van der Waals surface area contributed by atoms with Crippen molar-refractivity contribution in [3.63, 3.8) is 0 Å². The van der Waals surface area contributed by atoms with E-state index in [1.807, 2.05) is 13.8 Å². The SMILES string of the molecule is CCN(CC(=O)NC(C)C)C(=O)N[C@H](C(=O)O)C(C)C. The zero-order chi connectivity index (χ0) is 15.9. The molecule has 0 aliphatic rings. The second-order valence-electron chi connectivity index (χ2n) is 5.25. The number of nitrogens with zero attached hydrogens (tertiary/aromatic N) is 1. The van der Waals surface area contributed by atoms with Crippen molar-refractivity contribution in [3.8, 4) is 0 Å². The summed E-state index contributed by atoms with van der Waals surface area (Å²) in [6.45, 7) is 9.03. The number of urea groups is 1. The summed E-state index contributed by atoms with van der Waals surface area (Å²) in [6, 6.07) is -1.52. The Morgan fingerprint density at radius 3 is 2.00 bits per heavy atom. The molecular formula is C13H25N3O4. The Labute approximate surface area is 119 Å². The van der Waals surface area contributed by atoms with Crippen LogP contribution in [0.25, 0.3) is 0 Å². The van der Waals surface area contributed by atoms with Crippen LogP contribution in [-0.2, 0) is 9.59 Å². The van der Waals surface area contributed by atoms with E-state index in [9.17, 15) is 14.4 Å². The first-order valence-electron chi connectivity index (χ1n) is 6.76. The van der Waals surface area contributed by atoms with Gasteiger partial charge in [-0.15, -0.1) is 0 Å². The minimum absolute atomic E-state index is 0.00769. The van der Waals surface area contributed by atoms with E-state index in [1.165, 1.54) is 4.90 Å². The van der Waals surface area contributed by atoms with Crippen LogP contribution in [0.4, 0.5) is 4.79 Å². The van der Waals surface area contributed by atoms with Gasteiger partial charge in [-0.1, -0.05) is 13.8 Å². The molecule has 7 nitrogen and oxygen atoms in total. The third-order valence-corrected chi connectivity index (χ3v) is 2.66. The van der Waals surface area contributed by atoms with Gasteiger partial charge in [0.25, 0.3) is 0 Å². The number of carbonyl (C=O) groups is 3. The van der Waals surface area contributed by atoms with E-state index in [-0.39, 0.29) is 24.4 Å². The van der Waals surface area contributed by atoms with Crippen molar-refractivity contribution in [1.82, 2.24) is 15.5 Å². The van der Waals surface area contributed by atoms with Gasteiger partial charge < -0.3 is 20.6 Å². The molecule has 7 heteroatoms. The maximum Gasteiger partial charge on any atom is 0.326 e. The molecule has 0 radical (unpaired) electrons. The van der Waals surface area contributed by atoms with E-state index in [4.69, 9.17) is 5.11 Å². The van der Waals surface area contributed by atoms with Crippen molar-refractivity contribution >= 4 is 17.9 Å². The highest BCUT2D eigenvalue weighted by molar-refractivity contribution is 5.86. The van der Waals surface area contributed by atoms with Gasteiger partial charge >= 0.3 is 12.0 Å². The summed E-state index contributed by atoms with van der Waals surface area (Å²) in [6.07, 6.45) is 0. The van der Waals surface area contributed by atoms with Crippen molar-refractivity contribution in [2.45, 2.75) is 46.7 Å². The van der Waals surface area contributed by atoms with E-state index in [0.29, 0.717) is 6.54 Å². The molecule has 0 aromatic rings. The minimum atomic E-state index is -1.09. The van der Waals surface area contributed by atoms with Gasteiger partial charge in [-0.3, -0.25) is 4.79 Å². The van der Waals surface area contributed by atoms with Crippen LogP contribution in [0.1, 0.15) is 34.6 Å². The Morgan fingerprint density at radius 2 is 1.65 bits per heavy atom. The molecule has 0 heterocycles. The van der Waals surface area contributed by atoms with Crippen LogP contribution in [-0.4, -0.2) is 53.1 Å². The smallest absolute Gasteiger partial charge is 0.326 e. The quantitative estimate of drug-likeness (QED) is 0.640. The van der Waals surface area contributed by atoms with Gasteiger partial charge in [0, 0.05) is 12.6 Å².